The second-order valence-electron chi connectivity index (χ2n) is 4.60. The predicted octanol–water partition coefficient (Wildman–Crippen LogP) is 2.02. The van der Waals surface area contributed by atoms with Gasteiger partial charge in [-0.1, -0.05) is 12.7 Å². The fraction of sp³-hybridized carbons (Fsp3) is 0.667. The predicted molar refractivity (Wildman–Crippen MR) is 64.6 cm³/mol. The van der Waals surface area contributed by atoms with E-state index in [1.807, 2.05) is 0 Å². The maximum absolute atomic E-state index is 11.3. The zero-order valence-corrected chi connectivity index (χ0v) is 10.9. The van der Waals surface area contributed by atoms with Gasteiger partial charge in [0.25, 0.3) is 0 Å². The Kier molecular flexibility index (Phi) is 6.31. The van der Waals surface area contributed by atoms with Gasteiger partial charge < -0.3 is 14.8 Å². The molecule has 1 N–H and O–H groups in total. The van der Waals surface area contributed by atoms with Gasteiger partial charge in [-0.3, -0.25) is 4.79 Å². The maximum Gasteiger partial charge on any atom is 0.407 e. The average molecular weight is 243 g/mol. The first-order valence-corrected chi connectivity index (χ1v) is 5.51. The largest absolute Gasteiger partial charge is 0.458 e. The van der Waals surface area contributed by atoms with Crippen LogP contribution >= 0.6 is 0 Å². The van der Waals surface area contributed by atoms with E-state index in [0.717, 1.165) is 0 Å². The monoisotopic (exact) mass is 243 g/mol. The zero-order valence-electron chi connectivity index (χ0n) is 10.9. The van der Waals surface area contributed by atoms with Crippen LogP contribution in [0, 0.1) is 0 Å². The molecule has 5 nitrogen and oxygen atoms in total. The Hall–Kier alpha value is -1.52. The molecule has 0 saturated heterocycles. The Morgan fingerprint density at radius 1 is 1.41 bits per heavy atom. The van der Waals surface area contributed by atoms with Crippen molar-refractivity contribution in [3.63, 3.8) is 0 Å². The van der Waals surface area contributed by atoms with Crippen LogP contribution in [0.2, 0.25) is 0 Å². The van der Waals surface area contributed by atoms with Crippen LogP contribution < -0.4 is 5.32 Å². The van der Waals surface area contributed by atoms with Crippen molar-refractivity contribution >= 4 is 12.1 Å². The summed E-state index contributed by atoms with van der Waals surface area (Å²) in [5.74, 6) is -0.368. The molecule has 0 fully saturated rings. The molecule has 0 heterocycles. The van der Waals surface area contributed by atoms with Gasteiger partial charge in [0.15, 0.2) is 0 Å². The van der Waals surface area contributed by atoms with Crippen LogP contribution in [-0.2, 0) is 14.3 Å². The standard InChI is InChI=1S/C12H21NO4/c1-6-10(16-9(2)14)7-8-13-11(15)17-12(3,4)5/h6,10H,1,7-8H2,2-5H3,(H,13,15)/t10-/m1/s1. The first kappa shape index (κ1) is 15.5. The number of ether oxygens (including phenoxy) is 2. The van der Waals surface area contributed by atoms with Crippen LogP contribution in [-0.4, -0.2) is 30.3 Å². The van der Waals surface area contributed by atoms with E-state index in [0.29, 0.717) is 13.0 Å². The topological polar surface area (TPSA) is 64.6 Å². The lowest BCUT2D eigenvalue weighted by atomic mass is 10.2. The van der Waals surface area contributed by atoms with Gasteiger partial charge in [-0.15, -0.1) is 0 Å². The molecule has 0 aromatic carbocycles. The first-order chi connectivity index (χ1) is 7.74. The molecule has 0 unspecified atom stereocenters. The van der Waals surface area contributed by atoms with Crippen molar-refractivity contribution in [2.24, 2.45) is 0 Å². The molecule has 0 aromatic heterocycles. The highest BCUT2D eigenvalue weighted by Gasteiger charge is 2.16. The van der Waals surface area contributed by atoms with E-state index in [1.165, 1.54) is 13.0 Å². The number of alkyl carbamates (subject to hydrolysis) is 1. The van der Waals surface area contributed by atoms with Gasteiger partial charge in [-0.25, -0.2) is 4.79 Å². The van der Waals surface area contributed by atoms with Gasteiger partial charge in [-0.05, 0) is 20.8 Å². The van der Waals surface area contributed by atoms with E-state index >= 15 is 0 Å². The second kappa shape index (κ2) is 6.93. The number of carbonyl (C=O) groups excluding carboxylic acids is 2. The first-order valence-electron chi connectivity index (χ1n) is 5.51. The zero-order chi connectivity index (χ0) is 13.5. The Balaban J connectivity index is 3.85. The molecule has 1 amide bonds. The highest BCUT2D eigenvalue weighted by atomic mass is 16.6. The normalized spacial score (nSPS) is 12.5. The summed E-state index contributed by atoms with van der Waals surface area (Å²) >= 11 is 0. The van der Waals surface area contributed by atoms with Gasteiger partial charge >= 0.3 is 12.1 Å². The lowest BCUT2D eigenvalue weighted by Gasteiger charge is -2.20. The van der Waals surface area contributed by atoms with E-state index in [2.05, 4.69) is 11.9 Å². The Morgan fingerprint density at radius 3 is 2.41 bits per heavy atom. The third-order valence-electron chi connectivity index (χ3n) is 1.68. The SMILES string of the molecule is C=C[C@H](CCNC(=O)OC(C)(C)C)OC(C)=O. The van der Waals surface area contributed by atoms with Crippen LogP contribution in [0.15, 0.2) is 12.7 Å². The summed E-state index contributed by atoms with van der Waals surface area (Å²) in [7, 11) is 0. The molecule has 0 aliphatic heterocycles. The van der Waals surface area contributed by atoms with Crippen molar-refractivity contribution in [3.8, 4) is 0 Å². The summed E-state index contributed by atoms with van der Waals surface area (Å²) in [6, 6.07) is 0. The summed E-state index contributed by atoms with van der Waals surface area (Å²) in [6.45, 7) is 10.6. The molecule has 0 saturated carbocycles. The van der Waals surface area contributed by atoms with Crippen molar-refractivity contribution in [1.29, 1.82) is 0 Å². The number of hydrogen-bond donors (Lipinski definition) is 1. The molecule has 0 radical (unpaired) electrons. The molecule has 98 valence electrons. The minimum absolute atomic E-state index is 0.360. The van der Waals surface area contributed by atoms with Crippen molar-refractivity contribution in [2.75, 3.05) is 6.54 Å². The Morgan fingerprint density at radius 2 is 2.00 bits per heavy atom. The van der Waals surface area contributed by atoms with Crippen molar-refractivity contribution in [1.82, 2.24) is 5.32 Å². The number of carbonyl (C=O) groups is 2. The lowest BCUT2D eigenvalue weighted by molar-refractivity contribution is -0.144. The maximum atomic E-state index is 11.3. The quantitative estimate of drug-likeness (QED) is 0.592. The van der Waals surface area contributed by atoms with Crippen molar-refractivity contribution < 1.29 is 19.1 Å². The highest BCUT2D eigenvalue weighted by Crippen LogP contribution is 2.06. The molecular weight excluding hydrogens is 222 g/mol. The van der Waals surface area contributed by atoms with Crippen LogP contribution in [0.3, 0.4) is 0 Å². The van der Waals surface area contributed by atoms with Gasteiger partial charge in [0, 0.05) is 19.9 Å². The average Bonchev–Trinajstić information content (AvgIpc) is 2.12. The molecule has 5 heteroatoms. The van der Waals surface area contributed by atoms with E-state index in [4.69, 9.17) is 9.47 Å². The minimum atomic E-state index is -0.516. The molecule has 1 atom stereocenters. The van der Waals surface area contributed by atoms with Gasteiger partial charge in [0.2, 0.25) is 0 Å². The fourth-order valence-corrected chi connectivity index (χ4v) is 1.07. The number of rotatable bonds is 5. The van der Waals surface area contributed by atoms with Crippen molar-refractivity contribution in [2.45, 2.75) is 45.8 Å². The van der Waals surface area contributed by atoms with Crippen molar-refractivity contribution in [3.05, 3.63) is 12.7 Å². The summed E-state index contributed by atoms with van der Waals surface area (Å²) < 4.78 is 9.98. The third-order valence-corrected chi connectivity index (χ3v) is 1.68. The number of amides is 1. The molecule has 0 aliphatic carbocycles. The highest BCUT2D eigenvalue weighted by molar-refractivity contribution is 5.67. The summed E-state index contributed by atoms with van der Waals surface area (Å²) in [5.41, 5.74) is -0.516. The molecule has 0 bridgehead atoms. The number of nitrogens with one attached hydrogen (secondary N) is 1. The van der Waals surface area contributed by atoms with Gasteiger partial charge in [0.1, 0.15) is 11.7 Å². The molecule has 0 aromatic rings. The van der Waals surface area contributed by atoms with E-state index in [1.54, 1.807) is 20.8 Å². The molecular formula is C12H21NO4. The fourth-order valence-electron chi connectivity index (χ4n) is 1.07. The smallest absolute Gasteiger partial charge is 0.407 e. The van der Waals surface area contributed by atoms with Crippen LogP contribution in [0.1, 0.15) is 34.1 Å². The van der Waals surface area contributed by atoms with Crippen LogP contribution in [0.25, 0.3) is 0 Å². The lowest BCUT2D eigenvalue weighted by Crippen LogP contribution is -2.34. The summed E-state index contributed by atoms with van der Waals surface area (Å²) in [4.78, 5) is 22.0. The number of esters is 1. The minimum Gasteiger partial charge on any atom is -0.458 e. The summed E-state index contributed by atoms with van der Waals surface area (Å²) in [6.07, 6.45) is 1.13. The summed E-state index contributed by atoms with van der Waals surface area (Å²) in [5, 5.41) is 2.58. The molecule has 0 spiro atoms. The third kappa shape index (κ3) is 9.41. The van der Waals surface area contributed by atoms with Crippen LogP contribution in [0.5, 0.6) is 0 Å². The Bertz CT molecular complexity index is 281. The second-order valence-corrected chi connectivity index (χ2v) is 4.60. The number of hydrogen-bond acceptors (Lipinski definition) is 4. The van der Waals surface area contributed by atoms with E-state index < -0.39 is 11.7 Å². The van der Waals surface area contributed by atoms with E-state index in [-0.39, 0.29) is 12.1 Å². The molecule has 17 heavy (non-hydrogen) atoms. The van der Waals surface area contributed by atoms with Crippen LogP contribution in [0.4, 0.5) is 4.79 Å². The van der Waals surface area contributed by atoms with Gasteiger partial charge in [-0.2, -0.15) is 0 Å². The molecule has 0 aliphatic rings. The van der Waals surface area contributed by atoms with Gasteiger partial charge in [0.05, 0.1) is 0 Å². The van der Waals surface area contributed by atoms with E-state index in [9.17, 15) is 9.59 Å². The Labute approximate surface area is 102 Å². The molecule has 0 rings (SSSR count).